The van der Waals surface area contributed by atoms with E-state index in [1.807, 2.05) is 22.6 Å². The van der Waals surface area contributed by atoms with E-state index in [1.54, 1.807) is 6.33 Å². The predicted octanol–water partition coefficient (Wildman–Crippen LogP) is 5.22. The summed E-state index contributed by atoms with van der Waals surface area (Å²) in [6, 6.07) is 12.6. The van der Waals surface area contributed by atoms with Crippen molar-refractivity contribution in [3.8, 4) is 0 Å². The van der Waals surface area contributed by atoms with Crippen molar-refractivity contribution < 1.29 is 0 Å². The number of nitrogens with zero attached hydrogens (tertiary/aromatic N) is 4. The molecule has 0 saturated heterocycles. The Balaban J connectivity index is 1.61. The molecule has 2 aromatic carbocycles. The fraction of sp³-hybridized carbons (Fsp3) is 0.292. The van der Waals surface area contributed by atoms with Gasteiger partial charge in [-0.15, -0.1) is 10.2 Å². The van der Waals surface area contributed by atoms with Crippen molar-refractivity contribution in [2.24, 2.45) is 5.92 Å². The van der Waals surface area contributed by atoms with Gasteiger partial charge in [0.25, 0.3) is 0 Å². The lowest BCUT2D eigenvalue weighted by Crippen LogP contribution is -2.12. The van der Waals surface area contributed by atoms with Gasteiger partial charge in [-0.1, -0.05) is 36.9 Å². The standard InChI is InChI=1S/C24H26N6/c1-4-18-7-5-6-8-21(18)27-16(3)19-11-15(2)12-20-22(19)28-24(25-13-17-9-10-17)30-14-26-29-23(20)30/h4-8,11-12,14,16-17,27H,1,9-10,13H2,2-3H3,(H,25,28). The van der Waals surface area contributed by atoms with Crippen LogP contribution in [0.5, 0.6) is 0 Å². The number of hydrogen-bond donors (Lipinski definition) is 2. The molecule has 0 spiro atoms. The normalized spacial score (nSPS) is 14.7. The van der Waals surface area contributed by atoms with E-state index in [9.17, 15) is 0 Å². The van der Waals surface area contributed by atoms with Crippen molar-refractivity contribution in [3.05, 3.63) is 66.0 Å². The first-order chi connectivity index (χ1) is 14.6. The highest BCUT2D eigenvalue weighted by Crippen LogP contribution is 2.32. The van der Waals surface area contributed by atoms with Gasteiger partial charge >= 0.3 is 0 Å². The summed E-state index contributed by atoms with van der Waals surface area (Å²) in [5.41, 5.74) is 6.25. The Bertz CT molecular complexity index is 1240. The van der Waals surface area contributed by atoms with Crippen LogP contribution in [0, 0.1) is 12.8 Å². The maximum atomic E-state index is 5.03. The van der Waals surface area contributed by atoms with Gasteiger partial charge in [-0.3, -0.25) is 4.40 Å². The largest absolute Gasteiger partial charge is 0.378 e. The molecule has 5 rings (SSSR count). The topological polar surface area (TPSA) is 67.1 Å². The van der Waals surface area contributed by atoms with Crippen LogP contribution in [-0.2, 0) is 0 Å². The summed E-state index contributed by atoms with van der Waals surface area (Å²) in [6.07, 6.45) is 6.20. The summed E-state index contributed by atoms with van der Waals surface area (Å²) in [7, 11) is 0. The SMILES string of the molecule is C=Cc1ccccc1NC(C)c1cc(C)cc2c1nc(NCC1CC1)n1cnnc21. The third-order valence-corrected chi connectivity index (χ3v) is 5.78. The van der Waals surface area contributed by atoms with Gasteiger partial charge in [-0.2, -0.15) is 0 Å². The van der Waals surface area contributed by atoms with E-state index in [1.165, 1.54) is 18.4 Å². The molecule has 1 atom stereocenters. The summed E-state index contributed by atoms with van der Waals surface area (Å²) in [5, 5.41) is 16.7. The average Bonchev–Trinajstić information content (AvgIpc) is 3.45. The highest BCUT2D eigenvalue weighted by Gasteiger charge is 2.22. The third-order valence-electron chi connectivity index (χ3n) is 5.78. The van der Waals surface area contributed by atoms with Crippen LogP contribution in [-0.4, -0.2) is 26.1 Å². The molecule has 1 fully saturated rings. The number of aryl methyl sites for hydroxylation is 1. The minimum atomic E-state index is 0.0580. The zero-order chi connectivity index (χ0) is 20.7. The molecule has 6 nitrogen and oxygen atoms in total. The van der Waals surface area contributed by atoms with Gasteiger partial charge < -0.3 is 10.6 Å². The number of aromatic nitrogens is 4. The van der Waals surface area contributed by atoms with E-state index in [4.69, 9.17) is 4.98 Å². The second-order valence-electron chi connectivity index (χ2n) is 8.19. The van der Waals surface area contributed by atoms with Crippen LogP contribution in [0.2, 0.25) is 0 Å². The maximum absolute atomic E-state index is 5.03. The van der Waals surface area contributed by atoms with Crippen molar-refractivity contribution >= 4 is 34.3 Å². The Morgan fingerprint density at radius 3 is 2.90 bits per heavy atom. The molecule has 2 heterocycles. The molecular weight excluding hydrogens is 372 g/mol. The van der Waals surface area contributed by atoms with Crippen LogP contribution in [0.4, 0.5) is 11.6 Å². The molecule has 30 heavy (non-hydrogen) atoms. The number of hydrogen-bond acceptors (Lipinski definition) is 5. The number of rotatable bonds is 7. The average molecular weight is 399 g/mol. The molecule has 6 heteroatoms. The summed E-state index contributed by atoms with van der Waals surface area (Å²) >= 11 is 0. The van der Waals surface area contributed by atoms with Gasteiger partial charge in [0, 0.05) is 23.2 Å². The first-order valence-electron chi connectivity index (χ1n) is 10.5. The Labute approximate surface area is 176 Å². The summed E-state index contributed by atoms with van der Waals surface area (Å²) in [4.78, 5) is 5.03. The molecule has 1 aliphatic rings. The molecule has 1 aliphatic carbocycles. The van der Waals surface area contributed by atoms with Gasteiger partial charge in [-0.05, 0) is 55.9 Å². The highest BCUT2D eigenvalue weighted by molar-refractivity contribution is 5.95. The lowest BCUT2D eigenvalue weighted by atomic mass is 10.0. The zero-order valence-electron chi connectivity index (χ0n) is 17.4. The van der Waals surface area contributed by atoms with Crippen LogP contribution < -0.4 is 10.6 Å². The van der Waals surface area contributed by atoms with E-state index >= 15 is 0 Å². The van der Waals surface area contributed by atoms with Crippen molar-refractivity contribution in [3.63, 3.8) is 0 Å². The highest BCUT2D eigenvalue weighted by atomic mass is 15.3. The first-order valence-corrected chi connectivity index (χ1v) is 10.5. The number of benzene rings is 2. The fourth-order valence-corrected chi connectivity index (χ4v) is 3.97. The Morgan fingerprint density at radius 1 is 1.27 bits per heavy atom. The predicted molar refractivity (Wildman–Crippen MR) is 123 cm³/mol. The Hall–Kier alpha value is -3.41. The van der Waals surface area contributed by atoms with Gasteiger partial charge in [0.2, 0.25) is 5.95 Å². The van der Waals surface area contributed by atoms with Crippen molar-refractivity contribution in [2.45, 2.75) is 32.7 Å². The summed E-state index contributed by atoms with van der Waals surface area (Å²) in [6.45, 7) is 9.15. The minimum absolute atomic E-state index is 0.0580. The smallest absolute Gasteiger partial charge is 0.210 e. The van der Waals surface area contributed by atoms with Crippen LogP contribution in [0.3, 0.4) is 0 Å². The monoisotopic (exact) mass is 398 g/mol. The van der Waals surface area contributed by atoms with E-state index < -0.39 is 0 Å². The van der Waals surface area contributed by atoms with Crippen LogP contribution in [0.25, 0.3) is 22.6 Å². The maximum Gasteiger partial charge on any atom is 0.210 e. The Morgan fingerprint density at radius 2 is 2.10 bits per heavy atom. The summed E-state index contributed by atoms with van der Waals surface area (Å²) in [5.74, 6) is 1.56. The molecule has 4 aromatic rings. The van der Waals surface area contributed by atoms with Crippen LogP contribution >= 0.6 is 0 Å². The van der Waals surface area contributed by atoms with E-state index in [2.05, 4.69) is 65.5 Å². The Kier molecular flexibility index (Phi) is 4.62. The molecule has 0 radical (unpaired) electrons. The molecular formula is C24H26N6. The molecule has 0 bridgehead atoms. The first kappa shape index (κ1) is 18.6. The number of nitrogens with one attached hydrogen (secondary N) is 2. The van der Waals surface area contributed by atoms with Gasteiger partial charge in [0.05, 0.1) is 11.6 Å². The number of para-hydroxylation sites is 1. The second kappa shape index (κ2) is 7.44. The lowest BCUT2D eigenvalue weighted by molar-refractivity contribution is 0.864. The molecule has 2 N–H and O–H groups in total. The van der Waals surface area contributed by atoms with Crippen molar-refractivity contribution in [1.82, 2.24) is 19.6 Å². The fourth-order valence-electron chi connectivity index (χ4n) is 3.97. The second-order valence-corrected chi connectivity index (χ2v) is 8.19. The van der Waals surface area contributed by atoms with Gasteiger partial charge in [0.15, 0.2) is 5.65 Å². The minimum Gasteiger partial charge on any atom is -0.378 e. The van der Waals surface area contributed by atoms with Crippen molar-refractivity contribution in [2.75, 3.05) is 17.2 Å². The lowest BCUT2D eigenvalue weighted by Gasteiger charge is -2.20. The van der Waals surface area contributed by atoms with Crippen LogP contribution in [0.15, 0.2) is 49.3 Å². The summed E-state index contributed by atoms with van der Waals surface area (Å²) < 4.78 is 1.96. The molecule has 1 unspecified atom stereocenters. The molecule has 0 aliphatic heterocycles. The van der Waals surface area contributed by atoms with Crippen molar-refractivity contribution in [1.29, 1.82) is 0 Å². The van der Waals surface area contributed by atoms with Gasteiger partial charge in [0.1, 0.15) is 6.33 Å². The quantitative estimate of drug-likeness (QED) is 0.446. The van der Waals surface area contributed by atoms with Gasteiger partial charge in [-0.25, -0.2) is 4.98 Å². The zero-order valence-corrected chi connectivity index (χ0v) is 17.4. The molecule has 1 saturated carbocycles. The molecule has 152 valence electrons. The number of anilines is 2. The van der Waals surface area contributed by atoms with E-state index in [-0.39, 0.29) is 6.04 Å². The molecule has 2 aromatic heterocycles. The number of fused-ring (bicyclic) bond motifs is 3. The van der Waals surface area contributed by atoms with Crippen LogP contribution in [0.1, 0.15) is 42.5 Å². The molecule has 0 amide bonds. The van der Waals surface area contributed by atoms with E-state index in [0.29, 0.717) is 0 Å². The van der Waals surface area contributed by atoms with E-state index in [0.717, 1.165) is 51.8 Å². The third kappa shape index (κ3) is 3.38.